The van der Waals surface area contributed by atoms with Crippen LogP contribution in [-0.4, -0.2) is 40.0 Å². The average Bonchev–Trinajstić information content (AvgIpc) is 2.94. The Kier molecular flexibility index (Phi) is 5.60. The monoisotopic (exact) mass is 473 g/mol. The van der Waals surface area contributed by atoms with Gasteiger partial charge in [-0.25, -0.2) is 4.98 Å². The highest BCUT2D eigenvalue weighted by Gasteiger charge is 2.51. The van der Waals surface area contributed by atoms with Gasteiger partial charge in [0, 0.05) is 11.9 Å². The number of primary amides is 1. The molecule has 1 saturated heterocycles. The Morgan fingerprint density at radius 2 is 1.76 bits per heavy atom. The fourth-order valence-electron chi connectivity index (χ4n) is 3.94. The standard InChI is InChI=1S/C23H23BF3N3O4/c1-21(2)22(3,4)34-24(33-21)13-7-5-8-14(11-13)30-16(12-23(25,26)27)17(19(28)32)18(31)15-9-6-10-29-20(15)30/h5-11H,12H2,1-4H3,(H2,28,32). The minimum absolute atomic E-state index is 0.0248. The van der Waals surface area contributed by atoms with Gasteiger partial charge in [0.15, 0.2) is 0 Å². The average molecular weight is 473 g/mol. The number of nitrogens with two attached hydrogens (primary N) is 1. The van der Waals surface area contributed by atoms with E-state index in [1.165, 1.54) is 18.3 Å². The number of amides is 1. The normalized spacial score (nSPS) is 17.3. The van der Waals surface area contributed by atoms with Crippen LogP contribution in [0.4, 0.5) is 13.2 Å². The Morgan fingerprint density at radius 1 is 1.12 bits per heavy atom. The van der Waals surface area contributed by atoms with Crippen LogP contribution in [0, 0.1) is 0 Å². The molecule has 7 nitrogen and oxygen atoms in total. The summed E-state index contributed by atoms with van der Waals surface area (Å²) in [6, 6.07) is 9.35. The Labute approximate surface area is 193 Å². The van der Waals surface area contributed by atoms with Crippen molar-refractivity contribution in [3.8, 4) is 5.69 Å². The van der Waals surface area contributed by atoms with Gasteiger partial charge in [-0.15, -0.1) is 0 Å². The third-order valence-electron chi connectivity index (χ3n) is 6.30. The van der Waals surface area contributed by atoms with Crippen molar-refractivity contribution in [2.75, 3.05) is 0 Å². The van der Waals surface area contributed by atoms with E-state index >= 15 is 0 Å². The zero-order valence-electron chi connectivity index (χ0n) is 19.1. The van der Waals surface area contributed by atoms with Crippen LogP contribution in [0.1, 0.15) is 43.7 Å². The van der Waals surface area contributed by atoms with Gasteiger partial charge in [0.25, 0.3) is 5.91 Å². The third-order valence-corrected chi connectivity index (χ3v) is 6.30. The molecule has 0 radical (unpaired) electrons. The van der Waals surface area contributed by atoms with Crippen molar-refractivity contribution < 1.29 is 27.3 Å². The Morgan fingerprint density at radius 3 is 2.35 bits per heavy atom. The van der Waals surface area contributed by atoms with E-state index in [-0.39, 0.29) is 16.7 Å². The molecule has 1 aliphatic rings. The first kappa shape index (κ1) is 24.0. The molecule has 1 aliphatic heterocycles. The van der Waals surface area contributed by atoms with Gasteiger partial charge in [0.2, 0.25) is 5.43 Å². The molecule has 0 saturated carbocycles. The van der Waals surface area contributed by atoms with Gasteiger partial charge in [-0.1, -0.05) is 12.1 Å². The van der Waals surface area contributed by atoms with E-state index < -0.39 is 53.5 Å². The number of carbonyl (C=O) groups is 1. The number of rotatable bonds is 4. The number of halogens is 3. The molecular weight excluding hydrogens is 450 g/mol. The maximum absolute atomic E-state index is 13.6. The zero-order valence-corrected chi connectivity index (χ0v) is 19.1. The van der Waals surface area contributed by atoms with E-state index in [0.717, 1.165) is 4.57 Å². The number of hydrogen-bond donors (Lipinski definition) is 1. The smallest absolute Gasteiger partial charge is 0.399 e. The highest BCUT2D eigenvalue weighted by atomic mass is 19.4. The SMILES string of the molecule is CC1(C)OB(c2cccc(-n3c(CC(F)(F)F)c(C(N)=O)c(=O)c4cccnc43)c2)OC1(C)C. The number of nitrogens with zero attached hydrogens (tertiary/aromatic N) is 2. The molecule has 4 rings (SSSR count). The molecule has 0 atom stereocenters. The van der Waals surface area contributed by atoms with Gasteiger partial charge in [-0.2, -0.15) is 13.2 Å². The maximum atomic E-state index is 13.6. The molecule has 0 aliphatic carbocycles. The number of pyridine rings is 2. The van der Waals surface area contributed by atoms with Crippen LogP contribution in [0.3, 0.4) is 0 Å². The molecule has 11 heteroatoms. The number of hydrogen-bond acceptors (Lipinski definition) is 5. The van der Waals surface area contributed by atoms with Crippen LogP contribution in [0.5, 0.6) is 0 Å². The predicted molar refractivity (Wildman–Crippen MR) is 121 cm³/mol. The lowest BCUT2D eigenvalue weighted by atomic mass is 9.79. The third kappa shape index (κ3) is 4.09. The molecule has 2 aromatic heterocycles. The van der Waals surface area contributed by atoms with Crippen molar-refractivity contribution in [2.24, 2.45) is 5.73 Å². The lowest BCUT2D eigenvalue weighted by Crippen LogP contribution is -2.41. The molecule has 1 amide bonds. The number of fused-ring (bicyclic) bond motifs is 1. The molecule has 0 bridgehead atoms. The van der Waals surface area contributed by atoms with E-state index in [1.807, 2.05) is 27.7 Å². The molecule has 1 aromatic carbocycles. The van der Waals surface area contributed by atoms with Crippen molar-refractivity contribution in [3.63, 3.8) is 0 Å². The molecule has 0 unspecified atom stereocenters. The summed E-state index contributed by atoms with van der Waals surface area (Å²) in [5, 5.41) is -0.0248. The van der Waals surface area contributed by atoms with E-state index in [0.29, 0.717) is 5.46 Å². The molecular formula is C23H23BF3N3O4. The van der Waals surface area contributed by atoms with Crippen molar-refractivity contribution in [1.82, 2.24) is 9.55 Å². The molecule has 2 N–H and O–H groups in total. The Balaban J connectivity index is 1.99. The largest absolute Gasteiger partial charge is 0.494 e. The van der Waals surface area contributed by atoms with Crippen molar-refractivity contribution in [1.29, 1.82) is 0 Å². The van der Waals surface area contributed by atoms with Crippen LogP contribution in [0.2, 0.25) is 0 Å². The number of carbonyl (C=O) groups excluding carboxylic acids is 1. The van der Waals surface area contributed by atoms with E-state index in [9.17, 15) is 22.8 Å². The lowest BCUT2D eigenvalue weighted by molar-refractivity contribution is -0.128. The molecule has 0 spiro atoms. The van der Waals surface area contributed by atoms with Gasteiger partial charge in [-0.05, 0) is 57.4 Å². The van der Waals surface area contributed by atoms with Gasteiger partial charge in [-0.3, -0.25) is 14.2 Å². The van der Waals surface area contributed by atoms with E-state index in [1.54, 1.807) is 24.3 Å². The van der Waals surface area contributed by atoms with Crippen LogP contribution in [0.15, 0.2) is 47.4 Å². The quantitative estimate of drug-likeness (QED) is 0.588. The second kappa shape index (κ2) is 7.95. The summed E-state index contributed by atoms with van der Waals surface area (Å²) in [6.45, 7) is 7.54. The molecule has 3 heterocycles. The van der Waals surface area contributed by atoms with E-state index in [4.69, 9.17) is 15.0 Å². The highest BCUT2D eigenvalue weighted by molar-refractivity contribution is 6.62. The first-order valence-corrected chi connectivity index (χ1v) is 10.6. The minimum atomic E-state index is -4.72. The fraction of sp³-hybridized carbons (Fsp3) is 0.348. The summed E-state index contributed by atoms with van der Waals surface area (Å²) in [4.78, 5) is 29.2. The van der Waals surface area contributed by atoms with Gasteiger partial charge in [0.1, 0.15) is 11.2 Å². The van der Waals surface area contributed by atoms with Crippen molar-refractivity contribution >= 4 is 29.5 Å². The van der Waals surface area contributed by atoms with E-state index in [2.05, 4.69) is 4.98 Å². The van der Waals surface area contributed by atoms with Gasteiger partial charge >= 0.3 is 13.3 Å². The maximum Gasteiger partial charge on any atom is 0.494 e. The summed E-state index contributed by atoms with van der Waals surface area (Å²) >= 11 is 0. The first-order valence-electron chi connectivity index (χ1n) is 10.6. The molecule has 3 aromatic rings. The first-order chi connectivity index (χ1) is 15.7. The summed E-state index contributed by atoms with van der Waals surface area (Å²) in [6.07, 6.45) is -4.91. The van der Waals surface area contributed by atoms with Gasteiger partial charge in [0.05, 0.1) is 28.7 Å². The number of benzene rings is 1. The van der Waals surface area contributed by atoms with Gasteiger partial charge < -0.3 is 15.0 Å². The Hall–Kier alpha value is -3.18. The van der Waals surface area contributed by atoms with Crippen molar-refractivity contribution in [2.45, 2.75) is 51.5 Å². The predicted octanol–water partition coefficient (Wildman–Crippen LogP) is 2.89. The highest BCUT2D eigenvalue weighted by Crippen LogP contribution is 2.36. The van der Waals surface area contributed by atoms with Crippen LogP contribution in [-0.2, 0) is 15.7 Å². The summed E-state index contributed by atoms with van der Waals surface area (Å²) < 4.78 is 54.0. The second-order valence-electron chi connectivity index (χ2n) is 9.20. The fourth-order valence-corrected chi connectivity index (χ4v) is 3.94. The molecule has 178 valence electrons. The number of aromatic nitrogens is 2. The summed E-state index contributed by atoms with van der Waals surface area (Å²) in [5.74, 6) is -1.24. The lowest BCUT2D eigenvalue weighted by Gasteiger charge is -2.32. The topological polar surface area (TPSA) is 96.4 Å². The van der Waals surface area contributed by atoms with Crippen LogP contribution >= 0.6 is 0 Å². The summed E-state index contributed by atoms with van der Waals surface area (Å²) in [7, 11) is -0.773. The van der Waals surface area contributed by atoms with Crippen LogP contribution in [0.25, 0.3) is 16.7 Å². The molecule has 1 fully saturated rings. The number of alkyl halides is 3. The summed E-state index contributed by atoms with van der Waals surface area (Å²) in [5.41, 5.74) is 2.71. The minimum Gasteiger partial charge on any atom is -0.399 e. The second-order valence-corrected chi connectivity index (χ2v) is 9.20. The molecule has 34 heavy (non-hydrogen) atoms. The van der Waals surface area contributed by atoms with Crippen LogP contribution < -0.4 is 16.6 Å². The van der Waals surface area contributed by atoms with Crippen molar-refractivity contribution in [3.05, 3.63) is 64.1 Å². The Bertz CT molecular complexity index is 1340. The zero-order chi connectivity index (χ0) is 25.1.